The predicted octanol–water partition coefficient (Wildman–Crippen LogP) is 0.661. The quantitative estimate of drug-likeness (QED) is 0.125. The fourth-order valence-electron chi connectivity index (χ4n) is 3.57. The van der Waals surface area contributed by atoms with Crippen LogP contribution in [0.2, 0.25) is 0 Å². The average molecular weight is 501 g/mol. The summed E-state index contributed by atoms with van der Waals surface area (Å²) < 4.78 is 0. The fourth-order valence-corrected chi connectivity index (χ4v) is 3.57. The van der Waals surface area contributed by atoms with Gasteiger partial charge in [0, 0.05) is 6.92 Å². The van der Waals surface area contributed by atoms with E-state index in [9.17, 15) is 29.1 Å². The first-order valence-electron chi connectivity index (χ1n) is 12.4. The van der Waals surface area contributed by atoms with Gasteiger partial charge in [-0.3, -0.25) is 19.2 Å². The number of carboxylic acids is 1. The Balaban J connectivity index is 5.63. The van der Waals surface area contributed by atoms with Crippen LogP contribution in [0.15, 0.2) is 0 Å². The van der Waals surface area contributed by atoms with Gasteiger partial charge in [-0.25, -0.2) is 4.79 Å². The number of hydrogen-bond donors (Lipinski definition) is 6. The van der Waals surface area contributed by atoms with Gasteiger partial charge in [-0.1, -0.05) is 34.6 Å². The molecule has 1 unspecified atom stereocenters. The zero-order chi connectivity index (χ0) is 27.1. The van der Waals surface area contributed by atoms with E-state index in [4.69, 9.17) is 5.73 Å². The molecule has 0 aromatic heterocycles. The van der Waals surface area contributed by atoms with Gasteiger partial charge in [0.2, 0.25) is 23.6 Å². The molecule has 0 radical (unpaired) electrons. The molecular weight excluding hydrogens is 455 g/mol. The molecule has 0 fully saturated rings. The van der Waals surface area contributed by atoms with Gasteiger partial charge in [-0.15, -0.1) is 0 Å². The molecule has 11 nitrogen and oxygen atoms in total. The summed E-state index contributed by atoms with van der Waals surface area (Å²) in [5, 5.41) is 19.8. The smallest absolute Gasteiger partial charge is 0.326 e. The maximum Gasteiger partial charge on any atom is 0.326 e. The minimum absolute atomic E-state index is 0.0522. The first-order chi connectivity index (χ1) is 16.3. The number of rotatable bonds is 17. The monoisotopic (exact) mass is 500 g/mol. The summed E-state index contributed by atoms with van der Waals surface area (Å²) in [7, 11) is 0. The molecule has 0 rings (SSSR count). The molecule has 11 heteroatoms. The lowest BCUT2D eigenvalue weighted by atomic mass is 9.99. The Hall–Kier alpha value is -2.69. The third-order valence-corrected chi connectivity index (χ3v) is 5.34. The van der Waals surface area contributed by atoms with Crippen LogP contribution in [0.3, 0.4) is 0 Å². The molecule has 35 heavy (non-hydrogen) atoms. The largest absolute Gasteiger partial charge is 0.480 e. The van der Waals surface area contributed by atoms with Crippen molar-refractivity contribution in [1.29, 1.82) is 0 Å². The molecule has 0 aliphatic heterocycles. The molecule has 0 saturated heterocycles. The molecule has 0 aliphatic carbocycles. The minimum Gasteiger partial charge on any atom is -0.480 e. The maximum absolute atomic E-state index is 13.2. The number of carboxylic acid groups (broad SMARTS) is 1. The molecule has 0 spiro atoms. The topological polar surface area (TPSA) is 180 Å². The van der Waals surface area contributed by atoms with Gasteiger partial charge in [0.25, 0.3) is 0 Å². The van der Waals surface area contributed by atoms with Crippen molar-refractivity contribution in [1.82, 2.24) is 21.3 Å². The molecule has 0 saturated carbocycles. The lowest BCUT2D eigenvalue weighted by Gasteiger charge is -2.27. The van der Waals surface area contributed by atoms with Crippen molar-refractivity contribution in [2.45, 2.75) is 104 Å². The van der Waals surface area contributed by atoms with Crippen LogP contribution in [0.1, 0.15) is 80.1 Å². The lowest BCUT2D eigenvalue weighted by Crippen LogP contribution is -2.58. The molecule has 0 heterocycles. The zero-order valence-electron chi connectivity index (χ0n) is 22.0. The van der Waals surface area contributed by atoms with Gasteiger partial charge in [-0.05, 0) is 56.9 Å². The van der Waals surface area contributed by atoms with Gasteiger partial charge in [0.15, 0.2) is 0 Å². The van der Waals surface area contributed by atoms with Crippen LogP contribution >= 0.6 is 0 Å². The van der Waals surface area contributed by atoms with Crippen LogP contribution in [0, 0.1) is 11.8 Å². The molecule has 7 N–H and O–H groups in total. The summed E-state index contributed by atoms with van der Waals surface area (Å²) in [5.41, 5.74) is 5.55. The minimum atomic E-state index is -1.16. The van der Waals surface area contributed by atoms with E-state index >= 15 is 0 Å². The molecule has 4 atom stereocenters. The molecule has 0 bridgehead atoms. The number of unbranched alkanes of at least 4 members (excludes halogenated alkanes) is 1. The number of nitrogens with one attached hydrogen (secondary N) is 4. The first-order valence-corrected chi connectivity index (χ1v) is 12.4. The van der Waals surface area contributed by atoms with E-state index in [0.29, 0.717) is 32.2 Å². The van der Waals surface area contributed by atoms with E-state index in [2.05, 4.69) is 21.3 Å². The standard InChI is InChI=1S/C24H45N5O6/c1-7-17(24(34)35)27-21(31)18(10-8-9-11-25)28-23(33)20(13-15(4)5)29-22(32)19(12-14(2)3)26-16(6)30/h14-15,17-20H,7-13,25H2,1-6H3,(H,26,30)(H,27,31)(H,28,33)(H,29,32)(H,34,35)/t17?,18-,19-,20-/m0/s1/i24+1. The number of nitrogens with two attached hydrogens (primary N) is 1. The van der Waals surface area contributed by atoms with Gasteiger partial charge in [0.1, 0.15) is 24.2 Å². The van der Waals surface area contributed by atoms with Crippen LogP contribution in [0.5, 0.6) is 0 Å². The second-order valence-corrected chi connectivity index (χ2v) is 9.73. The summed E-state index contributed by atoms with van der Waals surface area (Å²) in [6.45, 7) is 11.0. The Labute approximate surface area is 208 Å². The average Bonchev–Trinajstić information content (AvgIpc) is 2.74. The molecule has 202 valence electrons. The molecular formula is C24H45N5O6. The van der Waals surface area contributed by atoms with Crippen molar-refractivity contribution < 1.29 is 29.1 Å². The highest BCUT2D eigenvalue weighted by molar-refractivity contribution is 5.94. The van der Waals surface area contributed by atoms with Crippen molar-refractivity contribution in [2.24, 2.45) is 17.6 Å². The Morgan fingerprint density at radius 2 is 1.14 bits per heavy atom. The Kier molecular flexibility index (Phi) is 15.6. The molecule has 0 aromatic rings. The van der Waals surface area contributed by atoms with Crippen molar-refractivity contribution in [2.75, 3.05) is 6.54 Å². The SMILES string of the molecule is CCC(NC(=O)[C@H](CCCCN)NC(=O)[C@H](CC(C)C)NC(=O)[C@H](CC(C)C)NC(C)=O)[13C](=O)O. The summed E-state index contributed by atoms with van der Waals surface area (Å²) >= 11 is 0. The molecule has 0 aromatic carbocycles. The summed E-state index contributed by atoms with van der Waals surface area (Å²) in [4.78, 5) is 61.8. The van der Waals surface area contributed by atoms with Gasteiger partial charge < -0.3 is 32.1 Å². The highest BCUT2D eigenvalue weighted by Gasteiger charge is 2.31. The van der Waals surface area contributed by atoms with E-state index in [1.54, 1.807) is 6.92 Å². The number of carbonyl (C=O) groups excluding carboxylic acids is 4. The Morgan fingerprint density at radius 3 is 1.54 bits per heavy atom. The highest BCUT2D eigenvalue weighted by atomic mass is 16.5. The van der Waals surface area contributed by atoms with Crippen LogP contribution in [-0.4, -0.2) is 65.4 Å². The Morgan fingerprint density at radius 1 is 0.714 bits per heavy atom. The van der Waals surface area contributed by atoms with E-state index in [1.807, 2.05) is 27.7 Å². The van der Waals surface area contributed by atoms with E-state index in [0.717, 1.165) is 0 Å². The third kappa shape index (κ3) is 13.7. The fraction of sp³-hybridized carbons (Fsp3) is 0.792. The predicted molar refractivity (Wildman–Crippen MR) is 133 cm³/mol. The number of aliphatic carboxylic acids is 1. The first kappa shape index (κ1) is 32.3. The zero-order valence-corrected chi connectivity index (χ0v) is 22.0. The van der Waals surface area contributed by atoms with Gasteiger partial charge >= 0.3 is 5.97 Å². The van der Waals surface area contributed by atoms with Crippen molar-refractivity contribution in [3.05, 3.63) is 0 Å². The summed E-state index contributed by atoms with van der Waals surface area (Å²) in [5.74, 6) is -2.95. The molecule has 0 aliphatic rings. The third-order valence-electron chi connectivity index (χ3n) is 5.34. The van der Waals surface area contributed by atoms with Crippen LogP contribution < -0.4 is 27.0 Å². The van der Waals surface area contributed by atoms with Crippen molar-refractivity contribution in [3.63, 3.8) is 0 Å². The van der Waals surface area contributed by atoms with Crippen LogP contribution in [-0.2, 0) is 24.0 Å². The normalized spacial score (nSPS) is 14.5. The van der Waals surface area contributed by atoms with Gasteiger partial charge in [0.05, 0.1) is 0 Å². The lowest BCUT2D eigenvalue weighted by molar-refractivity contribution is -0.142. The Bertz CT molecular complexity index is 713. The number of hydrogen-bond acceptors (Lipinski definition) is 6. The van der Waals surface area contributed by atoms with E-state index in [1.165, 1.54) is 6.92 Å². The second kappa shape index (κ2) is 16.9. The number of carbonyl (C=O) groups is 5. The van der Waals surface area contributed by atoms with E-state index in [-0.39, 0.29) is 30.6 Å². The van der Waals surface area contributed by atoms with Crippen molar-refractivity contribution >= 4 is 29.6 Å². The van der Waals surface area contributed by atoms with E-state index < -0.39 is 47.9 Å². The summed E-state index contributed by atoms with van der Waals surface area (Å²) in [6.07, 6.45) is 2.37. The number of amides is 4. The second-order valence-electron chi connectivity index (χ2n) is 9.73. The molecule has 4 amide bonds. The van der Waals surface area contributed by atoms with Gasteiger partial charge in [-0.2, -0.15) is 0 Å². The summed E-state index contributed by atoms with van der Waals surface area (Å²) in [6, 6.07) is -3.77. The van der Waals surface area contributed by atoms with Crippen LogP contribution in [0.25, 0.3) is 0 Å². The van der Waals surface area contributed by atoms with Crippen LogP contribution in [0.4, 0.5) is 0 Å². The highest BCUT2D eigenvalue weighted by Crippen LogP contribution is 2.10. The maximum atomic E-state index is 13.2. The van der Waals surface area contributed by atoms with Crippen molar-refractivity contribution in [3.8, 4) is 0 Å².